The van der Waals surface area contributed by atoms with Gasteiger partial charge < -0.3 is 19.7 Å². The first-order valence-corrected chi connectivity index (χ1v) is 8.70. The van der Waals surface area contributed by atoms with Crippen LogP contribution in [0.5, 0.6) is 11.5 Å². The minimum Gasteiger partial charge on any atom is -0.486 e. The number of amides is 1. The highest BCUT2D eigenvalue weighted by Crippen LogP contribution is 2.38. The normalized spacial score (nSPS) is 16.0. The van der Waals surface area contributed by atoms with Crippen LogP contribution in [0.3, 0.4) is 0 Å². The lowest BCUT2D eigenvalue weighted by Crippen LogP contribution is -2.22. The number of carbonyl (C=O) groups excluding carboxylic acids is 1. The van der Waals surface area contributed by atoms with Crippen LogP contribution in [0.15, 0.2) is 30.5 Å². The van der Waals surface area contributed by atoms with Crippen molar-refractivity contribution in [3.63, 3.8) is 0 Å². The summed E-state index contributed by atoms with van der Waals surface area (Å²) < 4.78 is 11.0. The number of pyridine rings is 1. The van der Waals surface area contributed by atoms with Crippen LogP contribution in [0.1, 0.15) is 23.2 Å². The van der Waals surface area contributed by atoms with E-state index in [1.807, 2.05) is 12.1 Å². The van der Waals surface area contributed by atoms with E-state index in [4.69, 9.17) is 21.1 Å². The van der Waals surface area contributed by atoms with Crippen LogP contribution in [0.25, 0.3) is 0 Å². The number of anilines is 2. The van der Waals surface area contributed by atoms with Crippen molar-refractivity contribution in [3.05, 3.63) is 41.0 Å². The number of aromatic nitrogens is 1. The first-order valence-electron chi connectivity index (χ1n) is 8.33. The smallest absolute Gasteiger partial charge is 0.255 e. The molecule has 1 saturated heterocycles. The lowest BCUT2D eigenvalue weighted by atomic mass is 10.1. The fourth-order valence-electron chi connectivity index (χ4n) is 3.11. The lowest BCUT2D eigenvalue weighted by Gasteiger charge is -2.21. The van der Waals surface area contributed by atoms with Crippen LogP contribution in [0.4, 0.5) is 11.5 Å². The van der Waals surface area contributed by atoms with Gasteiger partial charge in [0.2, 0.25) is 0 Å². The molecule has 1 amide bonds. The molecule has 2 aliphatic rings. The maximum atomic E-state index is 12.7. The molecule has 0 spiro atoms. The van der Waals surface area contributed by atoms with Gasteiger partial charge in [-0.25, -0.2) is 4.98 Å². The van der Waals surface area contributed by atoms with Crippen molar-refractivity contribution >= 4 is 29.0 Å². The molecule has 4 rings (SSSR count). The first kappa shape index (κ1) is 16.0. The molecule has 1 fully saturated rings. The van der Waals surface area contributed by atoms with Crippen molar-refractivity contribution in [3.8, 4) is 11.5 Å². The molecule has 0 radical (unpaired) electrons. The van der Waals surface area contributed by atoms with Gasteiger partial charge in [0.1, 0.15) is 13.2 Å². The van der Waals surface area contributed by atoms with E-state index in [1.54, 1.807) is 18.3 Å². The molecular weight excluding hydrogens is 342 g/mol. The number of nitrogens with one attached hydrogen (secondary N) is 1. The average molecular weight is 360 g/mol. The van der Waals surface area contributed by atoms with Gasteiger partial charge >= 0.3 is 0 Å². The van der Waals surface area contributed by atoms with Crippen LogP contribution in [-0.4, -0.2) is 37.2 Å². The molecule has 0 atom stereocenters. The van der Waals surface area contributed by atoms with Crippen LogP contribution >= 0.6 is 11.6 Å². The zero-order valence-electron chi connectivity index (χ0n) is 13.6. The Balaban J connectivity index is 1.60. The third-order valence-corrected chi connectivity index (χ3v) is 4.58. The number of ether oxygens (including phenoxy) is 2. The number of halogens is 1. The zero-order chi connectivity index (χ0) is 17.2. The Hall–Kier alpha value is -2.47. The van der Waals surface area contributed by atoms with Gasteiger partial charge in [-0.2, -0.15) is 0 Å². The Morgan fingerprint density at radius 1 is 1.20 bits per heavy atom. The topological polar surface area (TPSA) is 63.7 Å². The fourth-order valence-corrected chi connectivity index (χ4v) is 3.38. The second-order valence-electron chi connectivity index (χ2n) is 6.01. The van der Waals surface area contributed by atoms with Crippen LogP contribution in [0.2, 0.25) is 5.02 Å². The highest BCUT2D eigenvalue weighted by atomic mass is 35.5. The number of hydrogen-bond acceptors (Lipinski definition) is 5. The highest BCUT2D eigenvalue weighted by molar-refractivity contribution is 6.32. The molecule has 0 aliphatic carbocycles. The molecule has 1 aromatic carbocycles. The minimum absolute atomic E-state index is 0.257. The van der Waals surface area contributed by atoms with Gasteiger partial charge in [0.15, 0.2) is 17.3 Å². The van der Waals surface area contributed by atoms with Gasteiger partial charge in [-0.1, -0.05) is 11.6 Å². The molecule has 0 saturated carbocycles. The molecule has 1 aromatic heterocycles. The maximum absolute atomic E-state index is 12.7. The van der Waals surface area contributed by atoms with E-state index < -0.39 is 0 Å². The summed E-state index contributed by atoms with van der Waals surface area (Å²) in [5, 5.41) is 3.31. The molecule has 1 N–H and O–H groups in total. The molecule has 3 heterocycles. The van der Waals surface area contributed by atoms with Crippen LogP contribution < -0.4 is 19.7 Å². The zero-order valence-corrected chi connectivity index (χ0v) is 14.4. The summed E-state index contributed by atoms with van der Waals surface area (Å²) in [7, 11) is 0. The fraction of sp³-hybridized carbons (Fsp3) is 0.333. The monoisotopic (exact) mass is 359 g/mol. The van der Waals surface area contributed by atoms with E-state index in [2.05, 4.69) is 15.2 Å². The lowest BCUT2D eigenvalue weighted by molar-refractivity contribution is 0.102. The van der Waals surface area contributed by atoms with Gasteiger partial charge in [-0.3, -0.25) is 4.79 Å². The summed E-state index contributed by atoms with van der Waals surface area (Å²) in [6.45, 7) is 2.80. The number of fused-ring (bicyclic) bond motifs is 1. The predicted octanol–water partition coefficient (Wildman–Crippen LogP) is 3.36. The standard InChI is InChI=1S/C18H18ClN3O3/c19-13-10-12(11-15-16(13)25-9-8-24-15)18(23)21-14-4-3-5-20-17(14)22-6-1-2-7-22/h3-5,10-11H,1-2,6-9H2,(H,21,23). The van der Waals surface area contributed by atoms with Crippen LogP contribution in [0, 0.1) is 0 Å². The van der Waals surface area contributed by atoms with Crippen molar-refractivity contribution in [1.29, 1.82) is 0 Å². The highest BCUT2D eigenvalue weighted by Gasteiger charge is 2.21. The molecule has 0 unspecified atom stereocenters. The van der Waals surface area contributed by atoms with Crippen molar-refractivity contribution in [1.82, 2.24) is 4.98 Å². The quantitative estimate of drug-likeness (QED) is 0.910. The van der Waals surface area contributed by atoms with E-state index >= 15 is 0 Å². The third-order valence-electron chi connectivity index (χ3n) is 4.30. The SMILES string of the molecule is O=C(Nc1cccnc1N1CCCC1)c1cc(Cl)c2c(c1)OCCO2. The molecule has 25 heavy (non-hydrogen) atoms. The second-order valence-corrected chi connectivity index (χ2v) is 6.41. The Kier molecular flexibility index (Phi) is 4.36. The van der Waals surface area contributed by atoms with Gasteiger partial charge in [0.25, 0.3) is 5.91 Å². The molecule has 7 heteroatoms. The van der Waals surface area contributed by atoms with E-state index in [1.165, 1.54) is 0 Å². The Morgan fingerprint density at radius 3 is 2.84 bits per heavy atom. The summed E-state index contributed by atoms with van der Waals surface area (Å²) in [6.07, 6.45) is 4.02. The molecule has 6 nitrogen and oxygen atoms in total. The largest absolute Gasteiger partial charge is 0.486 e. The summed E-state index contributed by atoms with van der Waals surface area (Å²) >= 11 is 6.22. The van der Waals surface area contributed by atoms with Crippen molar-refractivity contribution < 1.29 is 14.3 Å². The summed E-state index contributed by atoms with van der Waals surface area (Å²) in [6, 6.07) is 6.92. The predicted molar refractivity (Wildman–Crippen MR) is 96.1 cm³/mol. The minimum atomic E-state index is -0.257. The molecular formula is C18H18ClN3O3. The van der Waals surface area contributed by atoms with Crippen molar-refractivity contribution in [2.45, 2.75) is 12.8 Å². The maximum Gasteiger partial charge on any atom is 0.255 e. The number of rotatable bonds is 3. The third kappa shape index (κ3) is 3.22. The summed E-state index contributed by atoms with van der Waals surface area (Å²) in [5.41, 5.74) is 1.12. The van der Waals surface area contributed by atoms with Crippen molar-refractivity contribution in [2.24, 2.45) is 0 Å². The molecule has 2 aliphatic heterocycles. The number of carbonyl (C=O) groups is 1. The van der Waals surface area contributed by atoms with E-state index in [-0.39, 0.29) is 5.91 Å². The van der Waals surface area contributed by atoms with Crippen molar-refractivity contribution in [2.75, 3.05) is 36.5 Å². The first-order chi connectivity index (χ1) is 12.2. The number of nitrogens with zero attached hydrogens (tertiary/aromatic N) is 2. The van der Waals surface area contributed by atoms with E-state index in [0.717, 1.165) is 31.7 Å². The van der Waals surface area contributed by atoms with Gasteiger partial charge in [-0.05, 0) is 37.1 Å². The van der Waals surface area contributed by atoms with Crippen LogP contribution in [-0.2, 0) is 0 Å². The van der Waals surface area contributed by atoms with Gasteiger partial charge in [0, 0.05) is 24.8 Å². The molecule has 130 valence electrons. The Morgan fingerprint density at radius 2 is 2.00 bits per heavy atom. The number of hydrogen-bond donors (Lipinski definition) is 1. The Bertz CT molecular complexity index is 806. The van der Waals surface area contributed by atoms with Gasteiger partial charge in [0.05, 0.1) is 10.7 Å². The van der Waals surface area contributed by atoms with E-state index in [0.29, 0.717) is 41.0 Å². The summed E-state index contributed by atoms with van der Waals surface area (Å²) in [4.78, 5) is 19.3. The Labute approximate surface area is 150 Å². The second kappa shape index (κ2) is 6.80. The van der Waals surface area contributed by atoms with Gasteiger partial charge in [-0.15, -0.1) is 0 Å². The summed E-state index contributed by atoms with van der Waals surface area (Å²) in [5.74, 6) is 1.53. The molecule has 0 bridgehead atoms. The van der Waals surface area contributed by atoms with E-state index in [9.17, 15) is 4.79 Å². The average Bonchev–Trinajstić information content (AvgIpc) is 3.16. The number of benzene rings is 1. The molecule has 2 aromatic rings.